The number of amides is 1. The monoisotopic (exact) mass is 378 g/mol. The van der Waals surface area contributed by atoms with Crippen LogP contribution in [0, 0.1) is 5.82 Å². The van der Waals surface area contributed by atoms with E-state index in [1.54, 1.807) is 13.0 Å². The molecule has 0 spiro atoms. The zero-order valence-corrected chi connectivity index (χ0v) is 15.2. The molecule has 1 aliphatic rings. The zero-order chi connectivity index (χ0) is 18.7. The van der Waals surface area contributed by atoms with Crippen LogP contribution in [0.25, 0.3) is 0 Å². The number of nitrogens with zero attached hydrogens (tertiary/aromatic N) is 3. The highest BCUT2D eigenvalue weighted by atomic mass is 35.5. The standard InChI is InChI=1S/C18H20ClFN4O2/c1-12(17(25)22-14-7-5-6-13(20)10-14)24-18(26)16(19)15(11-21-24)23-8-3-2-4-9-23/h5-7,10-12H,2-4,8-9H2,1H3,(H,22,25). The molecule has 8 heteroatoms. The summed E-state index contributed by atoms with van der Waals surface area (Å²) in [6, 6.07) is 4.65. The highest BCUT2D eigenvalue weighted by Gasteiger charge is 2.22. The smallest absolute Gasteiger partial charge is 0.288 e. The lowest BCUT2D eigenvalue weighted by molar-refractivity contribution is -0.119. The van der Waals surface area contributed by atoms with Crippen molar-refractivity contribution in [1.82, 2.24) is 9.78 Å². The van der Waals surface area contributed by atoms with Gasteiger partial charge in [0.1, 0.15) is 16.9 Å². The average Bonchev–Trinajstić information content (AvgIpc) is 2.64. The molecule has 1 amide bonds. The maximum Gasteiger partial charge on any atom is 0.288 e. The molecule has 138 valence electrons. The average molecular weight is 379 g/mol. The molecule has 26 heavy (non-hydrogen) atoms. The number of carbonyl (C=O) groups excluding carboxylic acids is 1. The molecule has 0 bridgehead atoms. The quantitative estimate of drug-likeness (QED) is 0.887. The Kier molecular flexibility index (Phi) is 5.56. The first-order valence-corrected chi connectivity index (χ1v) is 8.94. The Labute approximate surface area is 155 Å². The van der Waals surface area contributed by atoms with Crippen LogP contribution >= 0.6 is 11.6 Å². The van der Waals surface area contributed by atoms with E-state index in [1.165, 1.54) is 24.4 Å². The van der Waals surface area contributed by atoms with E-state index in [4.69, 9.17) is 11.6 Å². The van der Waals surface area contributed by atoms with E-state index >= 15 is 0 Å². The number of benzene rings is 1. The number of piperidine rings is 1. The fourth-order valence-electron chi connectivity index (χ4n) is 2.99. The summed E-state index contributed by atoms with van der Waals surface area (Å²) >= 11 is 6.27. The van der Waals surface area contributed by atoms with E-state index in [-0.39, 0.29) is 5.02 Å². The maximum absolute atomic E-state index is 13.2. The molecule has 2 aromatic rings. The van der Waals surface area contributed by atoms with E-state index in [2.05, 4.69) is 10.4 Å². The SMILES string of the molecule is CC(C(=O)Nc1cccc(F)c1)n1ncc(N2CCCCC2)c(Cl)c1=O. The lowest BCUT2D eigenvalue weighted by Crippen LogP contribution is -2.36. The van der Waals surface area contributed by atoms with Crippen LogP contribution in [0.2, 0.25) is 5.02 Å². The molecule has 1 aromatic heterocycles. The first-order chi connectivity index (χ1) is 12.5. The molecule has 1 fully saturated rings. The van der Waals surface area contributed by atoms with E-state index in [0.29, 0.717) is 11.4 Å². The Hall–Kier alpha value is -2.41. The van der Waals surface area contributed by atoms with Crippen molar-refractivity contribution in [2.24, 2.45) is 0 Å². The Morgan fingerprint density at radius 2 is 2.04 bits per heavy atom. The van der Waals surface area contributed by atoms with Crippen molar-refractivity contribution in [3.8, 4) is 0 Å². The first kappa shape index (κ1) is 18.4. The van der Waals surface area contributed by atoms with Gasteiger partial charge in [0.25, 0.3) is 5.56 Å². The van der Waals surface area contributed by atoms with Crippen molar-refractivity contribution < 1.29 is 9.18 Å². The van der Waals surface area contributed by atoms with Crippen molar-refractivity contribution >= 4 is 28.9 Å². The third-order valence-corrected chi connectivity index (χ3v) is 4.82. The Morgan fingerprint density at radius 1 is 1.31 bits per heavy atom. The molecule has 1 aliphatic heterocycles. The van der Waals surface area contributed by atoms with Gasteiger partial charge in [-0.2, -0.15) is 5.10 Å². The number of nitrogens with one attached hydrogen (secondary N) is 1. The van der Waals surface area contributed by atoms with Crippen molar-refractivity contribution in [1.29, 1.82) is 0 Å². The van der Waals surface area contributed by atoms with Crippen molar-refractivity contribution in [3.63, 3.8) is 0 Å². The van der Waals surface area contributed by atoms with Gasteiger partial charge in [-0.1, -0.05) is 17.7 Å². The first-order valence-electron chi connectivity index (χ1n) is 8.56. The molecule has 0 radical (unpaired) electrons. The third kappa shape index (κ3) is 3.88. The Balaban J connectivity index is 1.80. The largest absolute Gasteiger partial charge is 0.369 e. The number of hydrogen-bond acceptors (Lipinski definition) is 4. The molecule has 1 unspecified atom stereocenters. The van der Waals surface area contributed by atoms with Gasteiger partial charge in [-0.15, -0.1) is 0 Å². The van der Waals surface area contributed by atoms with Crippen LogP contribution in [-0.4, -0.2) is 28.8 Å². The summed E-state index contributed by atoms with van der Waals surface area (Å²) in [6.07, 6.45) is 4.79. The number of rotatable bonds is 4. The highest BCUT2D eigenvalue weighted by molar-refractivity contribution is 6.33. The Morgan fingerprint density at radius 3 is 2.73 bits per heavy atom. The summed E-state index contributed by atoms with van der Waals surface area (Å²) in [5, 5.41) is 6.77. The molecule has 1 aromatic carbocycles. The third-order valence-electron chi connectivity index (χ3n) is 4.46. The second kappa shape index (κ2) is 7.86. The van der Waals surface area contributed by atoms with Gasteiger partial charge in [-0.3, -0.25) is 9.59 Å². The van der Waals surface area contributed by atoms with Crippen molar-refractivity contribution in [3.05, 3.63) is 51.7 Å². The van der Waals surface area contributed by atoms with Gasteiger partial charge in [-0.05, 0) is 44.4 Å². The second-order valence-corrected chi connectivity index (χ2v) is 6.69. The topological polar surface area (TPSA) is 67.2 Å². The van der Waals surface area contributed by atoms with Crippen molar-refractivity contribution in [2.45, 2.75) is 32.2 Å². The van der Waals surface area contributed by atoms with Gasteiger partial charge in [0.15, 0.2) is 0 Å². The lowest BCUT2D eigenvalue weighted by atomic mass is 10.1. The van der Waals surface area contributed by atoms with Crippen LogP contribution in [0.4, 0.5) is 15.8 Å². The molecule has 1 N–H and O–H groups in total. The summed E-state index contributed by atoms with van der Waals surface area (Å²) in [6.45, 7) is 3.21. The van der Waals surface area contributed by atoms with E-state index in [0.717, 1.165) is 37.0 Å². The van der Waals surface area contributed by atoms with Crippen LogP contribution in [0.3, 0.4) is 0 Å². The summed E-state index contributed by atoms with van der Waals surface area (Å²) in [7, 11) is 0. The normalized spacial score (nSPS) is 15.6. The Bertz CT molecular complexity index is 865. The fraction of sp³-hybridized carbons (Fsp3) is 0.389. The molecular formula is C18H20ClFN4O2. The van der Waals surface area contributed by atoms with Gasteiger partial charge in [0.05, 0.1) is 11.9 Å². The fourth-order valence-corrected chi connectivity index (χ4v) is 3.25. The molecule has 6 nitrogen and oxygen atoms in total. The molecule has 0 aliphatic carbocycles. The minimum absolute atomic E-state index is 0.0623. The van der Waals surface area contributed by atoms with Gasteiger partial charge in [0.2, 0.25) is 5.91 Å². The predicted octanol–water partition coefficient (Wildman–Crippen LogP) is 3.23. The second-order valence-electron chi connectivity index (χ2n) is 6.32. The van der Waals surface area contributed by atoms with Crippen LogP contribution in [0.15, 0.2) is 35.3 Å². The number of carbonyl (C=O) groups is 1. The van der Waals surface area contributed by atoms with Crippen LogP contribution in [-0.2, 0) is 4.79 Å². The van der Waals surface area contributed by atoms with E-state index < -0.39 is 23.3 Å². The maximum atomic E-state index is 13.2. The minimum atomic E-state index is -0.890. The molecular weight excluding hydrogens is 359 g/mol. The predicted molar refractivity (Wildman–Crippen MR) is 99.3 cm³/mol. The molecule has 1 atom stereocenters. The van der Waals surface area contributed by atoms with Crippen LogP contribution in [0.1, 0.15) is 32.2 Å². The van der Waals surface area contributed by atoms with Gasteiger partial charge in [-0.25, -0.2) is 9.07 Å². The molecule has 3 rings (SSSR count). The van der Waals surface area contributed by atoms with Crippen LogP contribution < -0.4 is 15.8 Å². The molecule has 2 heterocycles. The minimum Gasteiger partial charge on any atom is -0.369 e. The number of anilines is 2. The summed E-state index contributed by atoms with van der Waals surface area (Å²) in [5.41, 5.74) is 0.396. The van der Waals surface area contributed by atoms with Crippen molar-refractivity contribution in [2.75, 3.05) is 23.3 Å². The summed E-state index contributed by atoms with van der Waals surface area (Å²) in [5.74, 6) is -0.938. The van der Waals surface area contributed by atoms with Gasteiger partial charge < -0.3 is 10.2 Å². The lowest BCUT2D eigenvalue weighted by Gasteiger charge is -2.29. The number of hydrogen-bond donors (Lipinski definition) is 1. The number of aromatic nitrogens is 2. The molecule has 0 saturated carbocycles. The number of halogens is 2. The van der Waals surface area contributed by atoms with Gasteiger partial charge in [0, 0.05) is 18.8 Å². The molecule has 1 saturated heterocycles. The van der Waals surface area contributed by atoms with E-state index in [1.807, 2.05) is 4.90 Å². The summed E-state index contributed by atoms with van der Waals surface area (Å²) in [4.78, 5) is 27.0. The van der Waals surface area contributed by atoms with Crippen LogP contribution in [0.5, 0.6) is 0 Å². The van der Waals surface area contributed by atoms with Gasteiger partial charge >= 0.3 is 0 Å². The summed E-state index contributed by atoms with van der Waals surface area (Å²) < 4.78 is 14.3. The zero-order valence-electron chi connectivity index (χ0n) is 14.4. The highest BCUT2D eigenvalue weighted by Crippen LogP contribution is 2.25. The van der Waals surface area contributed by atoms with E-state index in [9.17, 15) is 14.0 Å².